The van der Waals surface area contributed by atoms with E-state index in [1.54, 1.807) is 12.1 Å². The van der Waals surface area contributed by atoms with Gasteiger partial charge in [0.05, 0.1) is 4.92 Å². The molecule has 1 aromatic carbocycles. The molecular formula is C15H23N3O2. The highest BCUT2D eigenvalue weighted by atomic mass is 16.6. The van der Waals surface area contributed by atoms with Crippen molar-refractivity contribution in [1.29, 1.82) is 0 Å². The molecule has 0 saturated carbocycles. The third-order valence-electron chi connectivity index (χ3n) is 4.36. The number of nitrogens with zero attached hydrogens (tertiary/aromatic N) is 2. The zero-order chi connectivity index (χ0) is 14.5. The zero-order valence-corrected chi connectivity index (χ0v) is 12.0. The summed E-state index contributed by atoms with van der Waals surface area (Å²) in [5, 5.41) is 11.1. The summed E-state index contributed by atoms with van der Waals surface area (Å²) in [4.78, 5) is 13.2. The van der Waals surface area contributed by atoms with Crippen LogP contribution in [0, 0.1) is 16.0 Å². The molecule has 2 N–H and O–H groups in total. The van der Waals surface area contributed by atoms with Crippen molar-refractivity contribution in [2.24, 2.45) is 11.7 Å². The minimum Gasteiger partial charge on any atom is -0.330 e. The first-order valence-corrected chi connectivity index (χ1v) is 7.31. The van der Waals surface area contributed by atoms with Gasteiger partial charge in [-0.3, -0.25) is 15.0 Å². The molecule has 1 unspecified atom stereocenters. The van der Waals surface area contributed by atoms with Gasteiger partial charge >= 0.3 is 0 Å². The van der Waals surface area contributed by atoms with Gasteiger partial charge in [0.15, 0.2) is 0 Å². The molecule has 2 rings (SSSR count). The summed E-state index contributed by atoms with van der Waals surface area (Å²) in [6, 6.07) is 7.15. The fraction of sp³-hybridized carbons (Fsp3) is 0.600. The van der Waals surface area contributed by atoms with E-state index in [0.29, 0.717) is 5.92 Å². The summed E-state index contributed by atoms with van der Waals surface area (Å²) in [7, 11) is 0. The minimum absolute atomic E-state index is 0.0930. The normalized spacial score (nSPS) is 18.9. The number of nitro groups is 1. The number of hydrogen-bond acceptors (Lipinski definition) is 4. The van der Waals surface area contributed by atoms with E-state index in [-0.39, 0.29) is 16.7 Å². The molecule has 1 heterocycles. The van der Waals surface area contributed by atoms with E-state index in [0.717, 1.165) is 44.5 Å². The second-order valence-electron chi connectivity index (χ2n) is 5.55. The van der Waals surface area contributed by atoms with Gasteiger partial charge in [-0.25, -0.2) is 0 Å². The van der Waals surface area contributed by atoms with E-state index in [9.17, 15) is 10.1 Å². The van der Waals surface area contributed by atoms with Crippen molar-refractivity contribution in [1.82, 2.24) is 4.90 Å². The van der Waals surface area contributed by atoms with Gasteiger partial charge in [0.1, 0.15) is 0 Å². The van der Waals surface area contributed by atoms with Gasteiger partial charge < -0.3 is 5.73 Å². The largest absolute Gasteiger partial charge is 0.330 e. The molecule has 0 aliphatic carbocycles. The van der Waals surface area contributed by atoms with Crippen molar-refractivity contribution >= 4 is 5.69 Å². The molecule has 1 aromatic rings. The predicted molar refractivity (Wildman–Crippen MR) is 79.5 cm³/mol. The molecule has 1 fully saturated rings. The monoisotopic (exact) mass is 277 g/mol. The Balaban J connectivity index is 2.05. The molecule has 5 nitrogen and oxygen atoms in total. The quantitative estimate of drug-likeness (QED) is 0.663. The lowest BCUT2D eigenvalue weighted by Crippen LogP contribution is -2.36. The average molecular weight is 277 g/mol. The molecule has 1 aliphatic heterocycles. The van der Waals surface area contributed by atoms with Gasteiger partial charge in [0, 0.05) is 17.7 Å². The van der Waals surface area contributed by atoms with E-state index in [2.05, 4.69) is 11.8 Å². The van der Waals surface area contributed by atoms with Crippen LogP contribution in [-0.2, 0) is 0 Å². The van der Waals surface area contributed by atoms with Crippen molar-refractivity contribution < 1.29 is 4.92 Å². The summed E-state index contributed by atoms with van der Waals surface area (Å²) < 4.78 is 0. The van der Waals surface area contributed by atoms with Gasteiger partial charge in [-0.05, 0) is 51.7 Å². The predicted octanol–water partition coefficient (Wildman–Crippen LogP) is 2.72. The van der Waals surface area contributed by atoms with Crippen LogP contribution in [0.5, 0.6) is 0 Å². The molecule has 0 bridgehead atoms. The van der Waals surface area contributed by atoms with Crippen molar-refractivity contribution in [3.05, 3.63) is 39.9 Å². The Bertz CT molecular complexity index is 456. The van der Waals surface area contributed by atoms with Crippen LogP contribution in [0.15, 0.2) is 24.3 Å². The van der Waals surface area contributed by atoms with E-state index in [1.165, 1.54) is 0 Å². The average Bonchev–Trinajstić information content (AvgIpc) is 2.47. The fourth-order valence-electron chi connectivity index (χ4n) is 3.07. The Hall–Kier alpha value is -1.46. The number of benzene rings is 1. The van der Waals surface area contributed by atoms with Crippen molar-refractivity contribution in [3.63, 3.8) is 0 Å². The molecule has 1 aliphatic rings. The molecule has 0 radical (unpaired) electrons. The Morgan fingerprint density at radius 2 is 2.05 bits per heavy atom. The Morgan fingerprint density at radius 3 is 2.65 bits per heavy atom. The van der Waals surface area contributed by atoms with Crippen molar-refractivity contribution in [2.75, 3.05) is 19.6 Å². The second kappa shape index (κ2) is 6.81. The van der Waals surface area contributed by atoms with Crippen LogP contribution in [0.4, 0.5) is 5.69 Å². The van der Waals surface area contributed by atoms with Crippen LogP contribution in [-0.4, -0.2) is 29.5 Å². The maximum Gasteiger partial charge on any atom is 0.274 e. The fourth-order valence-corrected chi connectivity index (χ4v) is 3.07. The van der Waals surface area contributed by atoms with E-state index >= 15 is 0 Å². The van der Waals surface area contributed by atoms with E-state index in [4.69, 9.17) is 5.73 Å². The third-order valence-corrected chi connectivity index (χ3v) is 4.36. The Morgan fingerprint density at radius 1 is 1.40 bits per heavy atom. The number of nitro benzene ring substituents is 1. The number of rotatable bonds is 5. The van der Waals surface area contributed by atoms with E-state index < -0.39 is 0 Å². The highest BCUT2D eigenvalue weighted by Crippen LogP contribution is 2.32. The van der Waals surface area contributed by atoms with Crippen LogP contribution >= 0.6 is 0 Å². The molecular weight excluding hydrogens is 254 g/mol. The van der Waals surface area contributed by atoms with E-state index in [1.807, 2.05) is 12.1 Å². The maximum absolute atomic E-state index is 11.1. The summed E-state index contributed by atoms with van der Waals surface area (Å²) in [5.41, 5.74) is 6.65. The summed E-state index contributed by atoms with van der Waals surface area (Å²) in [6.07, 6.45) is 3.37. The lowest BCUT2D eigenvalue weighted by atomic mass is 9.92. The molecule has 110 valence electrons. The van der Waals surface area contributed by atoms with Gasteiger partial charge in [0.25, 0.3) is 5.69 Å². The smallest absolute Gasteiger partial charge is 0.274 e. The topological polar surface area (TPSA) is 72.4 Å². The van der Waals surface area contributed by atoms with Gasteiger partial charge in [0.2, 0.25) is 0 Å². The van der Waals surface area contributed by atoms with Crippen LogP contribution in [0.1, 0.15) is 37.8 Å². The van der Waals surface area contributed by atoms with Crippen LogP contribution in [0.3, 0.4) is 0 Å². The first-order chi connectivity index (χ1) is 9.63. The summed E-state index contributed by atoms with van der Waals surface area (Å²) in [5.74, 6) is 0.717. The first kappa shape index (κ1) is 14.9. The highest BCUT2D eigenvalue weighted by Gasteiger charge is 2.26. The van der Waals surface area contributed by atoms with Crippen LogP contribution in [0.2, 0.25) is 0 Å². The number of nitrogens with two attached hydrogens (primary N) is 1. The van der Waals surface area contributed by atoms with Crippen LogP contribution in [0.25, 0.3) is 0 Å². The molecule has 0 spiro atoms. The third kappa shape index (κ3) is 3.35. The lowest BCUT2D eigenvalue weighted by Gasteiger charge is -2.36. The molecule has 1 saturated heterocycles. The molecule has 1 atom stereocenters. The van der Waals surface area contributed by atoms with Gasteiger partial charge in [-0.2, -0.15) is 0 Å². The van der Waals surface area contributed by atoms with Gasteiger partial charge in [-0.1, -0.05) is 18.2 Å². The lowest BCUT2D eigenvalue weighted by molar-refractivity contribution is -0.386. The highest BCUT2D eigenvalue weighted by molar-refractivity contribution is 5.41. The maximum atomic E-state index is 11.1. The summed E-state index contributed by atoms with van der Waals surface area (Å²) >= 11 is 0. The number of para-hydroxylation sites is 1. The van der Waals surface area contributed by atoms with Gasteiger partial charge in [-0.15, -0.1) is 0 Å². The Kier molecular flexibility index (Phi) is 5.09. The summed E-state index contributed by atoms with van der Waals surface area (Å²) in [6.45, 7) is 4.81. The number of likely N-dealkylation sites (tertiary alicyclic amines) is 1. The molecule has 20 heavy (non-hydrogen) atoms. The number of hydrogen-bond donors (Lipinski definition) is 1. The number of piperidine rings is 1. The Labute approximate surface area is 119 Å². The second-order valence-corrected chi connectivity index (χ2v) is 5.55. The molecule has 5 heteroatoms. The van der Waals surface area contributed by atoms with Crippen molar-refractivity contribution in [2.45, 2.75) is 32.2 Å². The standard InChI is InChI=1S/C15H23N3O2/c1-12(14-4-2-3-5-15(14)18(19)20)17-10-7-13(6-9-16)8-11-17/h2-5,12-13H,6-11,16H2,1H3. The zero-order valence-electron chi connectivity index (χ0n) is 12.0. The minimum atomic E-state index is -0.285. The van der Waals surface area contributed by atoms with Crippen LogP contribution < -0.4 is 5.73 Å². The molecule has 0 amide bonds. The van der Waals surface area contributed by atoms with Crippen molar-refractivity contribution in [3.8, 4) is 0 Å². The molecule has 0 aromatic heterocycles. The first-order valence-electron chi connectivity index (χ1n) is 7.31. The SMILES string of the molecule is CC(c1ccccc1[N+](=O)[O-])N1CCC(CCN)CC1.